The lowest BCUT2D eigenvalue weighted by molar-refractivity contribution is -0.116. The van der Waals surface area contributed by atoms with E-state index < -0.39 is 0 Å². The van der Waals surface area contributed by atoms with Crippen LogP contribution in [0.25, 0.3) is 11.7 Å². The number of hydrogen-bond donors (Lipinski definition) is 1. The van der Waals surface area contributed by atoms with Crippen molar-refractivity contribution in [2.75, 3.05) is 0 Å². The van der Waals surface area contributed by atoms with Crippen LogP contribution in [0, 0.1) is 0 Å². The smallest absolute Gasteiger partial charge is 0.244 e. The summed E-state index contributed by atoms with van der Waals surface area (Å²) >= 11 is 1.59. The predicted molar refractivity (Wildman–Crippen MR) is 78.2 cm³/mol. The standard InChI is InChI=1S/C14H12N4OS/c19-14(7-6-11-4-3-9-20-11)15-10-13-17-16-12-5-1-2-8-18(12)13/h1-9H,10H2,(H,15,19)/b7-6+. The molecule has 0 spiro atoms. The Hall–Kier alpha value is -2.47. The summed E-state index contributed by atoms with van der Waals surface area (Å²) in [7, 11) is 0. The minimum atomic E-state index is -0.147. The first-order chi connectivity index (χ1) is 9.83. The van der Waals surface area contributed by atoms with E-state index in [9.17, 15) is 4.79 Å². The number of carbonyl (C=O) groups excluding carboxylic acids is 1. The summed E-state index contributed by atoms with van der Waals surface area (Å²) in [5.41, 5.74) is 0.769. The van der Waals surface area contributed by atoms with Gasteiger partial charge in [-0.15, -0.1) is 21.5 Å². The first-order valence-corrected chi connectivity index (χ1v) is 6.99. The van der Waals surface area contributed by atoms with Crippen LogP contribution in [0.4, 0.5) is 0 Å². The average molecular weight is 284 g/mol. The van der Waals surface area contributed by atoms with Gasteiger partial charge in [0.1, 0.15) is 0 Å². The molecule has 20 heavy (non-hydrogen) atoms. The Morgan fingerprint density at radius 3 is 3.10 bits per heavy atom. The zero-order chi connectivity index (χ0) is 13.8. The Morgan fingerprint density at radius 1 is 1.30 bits per heavy atom. The Kier molecular flexibility index (Phi) is 3.56. The molecule has 0 aliphatic heterocycles. The molecule has 0 radical (unpaired) electrons. The average Bonchev–Trinajstić information content (AvgIpc) is 3.12. The van der Waals surface area contributed by atoms with Gasteiger partial charge < -0.3 is 5.32 Å². The number of hydrogen-bond acceptors (Lipinski definition) is 4. The molecule has 0 saturated heterocycles. The fraction of sp³-hybridized carbons (Fsp3) is 0.0714. The number of fused-ring (bicyclic) bond motifs is 1. The van der Waals surface area contributed by atoms with Gasteiger partial charge in [0.2, 0.25) is 5.91 Å². The highest BCUT2D eigenvalue weighted by molar-refractivity contribution is 7.10. The molecule has 3 rings (SSSR count). The van der Waals surface area contributed by atoms with Crippen LogP contribution in [-0.2, 0) is 11.3 Å². The fourth-order valence-corrected chi connectivity index (χ4v) is 2.40. The van der Waals surface area contributed by atoms with E-state index in [1.165, 1.54) is 6.08 Å². The van der Waals surface area contributed by atoms with Gasteiger partial charge >= 0.3 is 0 Å². The van der Waals surface area contributed by atoms with E-state index in [1.807, 2.05) is 46.3 Å². The lowest BCUT2D eigenvalue weighted by atomic mass is 10.4. The van der Waals surface area contributed by atoms with Gasteiger partial charge in [0.15, 0.2) is 11.5 Å². The van der Waals surface area contributed by atoms with Crippen LogP contribution in [0.15, 0.2) is 48.0 Å². The first kappa shape index (κ1) is 12.6. The minimum absolute atomic E-state index is 0.147. The van der Waals surface area contributed by atoms with Crippen LogP contribution in [-0.4, -0.2) is 20.5 Å². The van der Waals surface area contributed by atoms with Crippen LogP contribution in [0.2, 0.25) is 0 Å². The molecule has 0 unspecified atom stereocenters. The lowest BCUT2D eigenvalue weighted by Gasteiger charge is -2.00. The van der Waals surface area contributed by atoms with Gasteiger partial charge in [-0.3, -0.25) is 9.20 Å². The highest BCUT2D eigenvalue weighted by Gasteiger charge is 2.05. The van der Waals surface area contributed by atoms with Crippen molar-refractivity contribution < 1.29 is 4.79 Å². The molecular weight excluding hydrogens is 272 g/mol. The minimum Gasteiger partial charge on any atom is -0.345 e. The van der Waals surface area contributed by atoms with Gasteiger partial charge in [-0.05, 0) is 29.7 Å². The maximum Gasteiger partial charge on any atom is 0.244 e. The third kappa shape index (κ3) is 2.75. The van der Waals surface area contributed by atoms with Crippen molar-refractivity contribution in [3.63, 3.8) is 0 Å². The van der Waals surface area contributed by atoms with Crippen molar-refractivity contribution in [1.29, 1.82) is 0 Å². The van der Waals surface area contributed by atoms with Crippen molar-refractivity contribution in [3.05, 3.63) is 58.7 Å². The molecule has 1 N–H and O–H groups in total. The van der Waals surface area contributed by atoms with Crippen molar-refractivity contribution >= 4 is 29.0 Å². The number of pyridine rings is 1. The molecule has 3 heterocycles. The second-order valence-corrected chi connectivity index (χ2v) is 5.09. The van der Waals surface area contributed by atoms with Crippen molar-refractivity contribution in [1.82, 2.24) is 19.9 Å². The molecule has 1 amide bonds. The Labute approximate surface area is 119 Å². The van der Waals surface area contributed by atoms with Gasteiger partial charge in [-0.2, -0.15) is 0 Å². The first-order valence-electron chi connectivity index (χ1n) is 6.11. The maximum absolute atomic E-state index is 11.7. The van der Waals surface area contributed by atoms with Crippen molar-refractivity contribution in [2.24, 2.45) is 0 Å². The summed E-state index contributed by atoms with van der Waals surface area (Å²) in [6, 6.07) is 9.58. The maximum atomic E-state index is 11.7. The normalized spacial score (nSPS) is 11.2. The third-order valence-electron chi connectivity index (χ3n) is 2.75. The van der Waals surface area contributed by atoms with Gasteiger partial charge in [-0.25, -0.2) is 0 Å². The molecule has 100 valence electrons. The van der Waals surface area contributed by atoms with E-state index in [0.29, 0.717) is 12.4 Å². The second-order valence-electron chi connectivity index (χ2n) is 4.11. The molecule has 0 aromatic carbocycles. The Morgan fingerprint density at radius 2 is 2.25 bits per heavy atom. The number of rotatable bonds is 4. The predicted octanol–water partition coefficient (Wildman–Crippen LogP) is 2.12. The monoisotopic (exact) mass is 284 g/mol. The SMILES string of the molecule is O=C(/C=C/c1cccs1)NCc1nnc2ccccn12. The summed E-state index contributed by atoms with van der Waals surface area (Å²) in [4.78, 5) is 12.8. The number of carbonyl (C=O) groups is 1. The van der Waals surface area contributed by atoms with Gasteiger partial charge in [0.25, 0.3) is 0 Å². The van der Waals surface area contributed by atoms with E-state index in [-0.39, 0.29) is 5.91 Å². The van der Waals surface area contributed by atoms with E-state index in [2.05, 4.69) is 15.5 Å². The lowest BCUT2D eigenvalue weighted by Crippen LogP contribution is -2.21. The molecule has 5 nitrogen and oxygen atoms in total. The number of amides is 1. The Bertz CT molecular complexity index is 745. The van der Waals surface area contributed by atoms with Crippen LogP contribution < -0.4 is 5.32 Å². The van der Waals surface area contributed by atoms with Gasteiger partial charge in [0, 0.05) is 17.2 Å². The Balaban J connectivity index is 1.63. The number of nitrogens with one attached hydrogen (secondary N) is 1. The van der Waals surface area contributed by atoms with Crippen LogP contribution >= 0.6 is 11.3 Å². The summed E-state index contributed by atoms with van der Waals surface area (Å²) in [6.45, 7) is 0.346. The summed E-state index contributed by atoms with van der Waals surface area (Å²) in [6.07, 6.45) is 5.19. The third-order valence-corrected chi connectivity index (χ3v) is 3.58. The largest absolute Gasteiger partial charge is 0.345 e. The molecule has 0 saturated carbocycles. The summed E-state index contributed by atoms with van der Waals surface area (Å²) in [5.74, 6) is 0.560. The highest BCUT2D eigenvalue weighted by atomic mass is 32.1. The van der Waals surface area contributed by atoms with Crippen LogP contribution in [0.5, 0.6) is 0 Å². The van der Waals surface area contributed by atoms with E-state index in [1.54, 1.807) is 17.4 Å². The number of nitrogens with zero attached hydrogens (tertiary/aromatic N) is 3. The van der Waals surface area contributed by atoms with Crippen LogP contribution in [0.1, 0.15) is 10.7 Å². The van der Waals surface area contributed by atoms with Crippen LogP contribution in [0.3, 0.4) is 0 Å². The molecule has 3 aromatic heterocycles. The van der Waals surface area contributed by atoms with Crippen molar-refractivity contribution in [2.45, 2.75) is 6.54 Å². The molecule has 0 atom stereocenters. The zero-order valence-electron chi connectivity index (χ0n) is 10.6. The van der Waals surface area contributed by atoms with Crippen molar-refractivity contribution in [3.8, 4) is 0 Å². The molecule has 0 aliphatic rings. The second kappa shape index (κ2) is 5.66. The molecule has 3 aromatic rings. The fourth-order valence-electron chi connectivity index (χ4n) is 1.78. The quantitative estimate of drug-likeness (QED) is 0.747. The van der Waals surface area contributed by atoms with Gasteiger partial charge in [-0.1, -0.05) is 12.1 Å². The van der Waals surface area contributed by atoms with Gasteiger partial charge in [0.05, 0.1) is 6.54 Å². The number of thiophene rings is 1. The van der Waals surface area contributed by atoms with E-state index in [4.69, 9.17) is 0 Å². The number of aromatic nitrogens is 3. The highest BCUT2D eigenvalue weighted by Crippen LogP contribution is 2.09. The van der Waals surface area contributed by atoms with E-state index in [0.717, 1.165) is 10.5 Å². The molecule has 0 aliphatic carbocycles. The summed E-state index contributed by atoms with van der Waals surface area (Å²) < 4.78 is 1.85. The zero-order valence-corrected chi connectivity index (χ0v) is 11.4. The molecule has 0 bridgehead atoms. The molecule has 6 heteroatoms. The van der Waals surface area contributed by atoms with E-state index >= 15 is 0 Å². The molecule has 0 fully saturated rings. The molecular formula is C14H12N4OS. The summed E-state index contributed by atoms with van der Waals surface area (Å²) in [5, 5.41) is 12.8. The topological polar surface area (TPSA) is 59.3 Å².